The maximum atomic E-state index is 12.6. The number of fused-ring (bicyclic) bond motifs is 1. The quantitative estimate of drug-likeness (QED) is 0.853. The maximum absolute atomic E-state index is 12.6. The molecule has 126 valence electrons. The Morgan fingerprint density at radius 2 is 2.17 bits per heavy atom. The van der Waals surface area contributed by atoms with E-state index in [0.717, 1.165) is 30.0 Å². The molecule has 0 aliphatic carbocycles. The van der Waals surface area contributed by atoms with Gasteiger partial charge in [-0.1, -0.05) is 18.2 Å². The van der Waals surface area contributed by atoms with E-state index in [9.17, 15) is 4.79 Å². The van der Waals surface area contributed by atoms with Crippen molar-refractivity contribution in [1.82, 2.24) is 10.2 Å². The smallest absolute Gasteiger partial charge is 0.247 e. The van der Waals surface area contributed by atoms with Crippen LogP contribution in [0.15, 0.2) is 30.3 Å². The molecule has 1 N–H and O–H groups in total. The van der Waals surface area contributed by atoms with Gasteiger partial charge in [0.15, 0.2) is 0 Å². The van der Waals surface area contributed by atoms with Gasteiger partial charge in [-0.15, -0.1) is 12.4 Å². The second-order valence-corrected chi connectivity index (χ2v) is 5.69. The minimum Gasteiger partial charge on any atom is -0.496 e. The second-order valence-electron chi connectivity index (χ2n) is 5.69. The van der Waals surface area contributed by atoms with Gasteiger partial charge in [-0.05, 0) is 18.6 Å². The normalized spacial score (nSPS) is 23.9. The predicted octanol–water partition coefficient (Wildman–Crippen LogP) is 1.72. The van der Waals surface area contributed by atoms with E-state index in [4.69, 9.17) is 9.47 Å². The molecule has 2 aliphatic heterocycles. The van der Waals surface area contributed by atoms with Gasteiger partial charge in [0.1, 0.15) is 5.75 Å². The minimum atomic E-state index is 0. The highest BCUT2D eigenvalue weighted by Gasteiger charge is 2.37. The van der Waals surface area contributed by atoms with E-state index in [0.29, 0.717) is 13.2 Å². The molecule has 0 spiro atoms. The van der Waals surface area contributed by atoms with Crippen molar-refractivity contribution in [3.05, 3.63) is 35.9 Å². The largest absolute Gasteiger partial charge is 0.496 e. The van der Waals surface area contributed by atoms with Crippen LogP contribution in [0, 0.1) is 0 Å². The van der Waals surface area contributed by atoms with Crippen LogP contribution in [0.3, 0.4) is 0 Å². The number of benzene rings is 1. The predicted molar refractivity (Wildman–Crippen MR) is 92.0 cm³/mol. The zero-order valence-corrected chi connectivity index (χ0v) is 14.3. The average Bonchev–Trinajstić information content (AvgIpc) is 3.03. The number of ether oxygens (including phenoxy) is 2. The zero-order chi connectivity index (χ0) is 15.5. The lowest BCUT2D eigenvalue weighted by atomic mass is 10.0. The van der Waals surface area contributed by atoms with Crippen LogP contribution >= 0.6 is 12.4 Å². The van der Waals surface area contributed by atoms with Crippen molar-refractivity contribution in [3.8, 4) is 5.75 Å². The third-order valence-corrected chi connectivity index (χ3v) is 4.35. The lowest BCUT2D eigenvalue weighted by Gasteiger charge is -2.36. The molecule has 5 nitrogen and oxygen atoms in total. The molecule has 2 heterocycles. The second kappa shape index (κ2) is 7.81. The zero-order valence-electron chi connectivity index (χ0n) is 13.5. The first-order chi connectivity index (χ1) is 10.7. The number of morpholine rings is 1. The Morgan fingerprint density at radius 3 is 2.96 bits per heavy atom. The Kier molecular flexibility index (Phi) is 6.04. The van der Waals surface area contributed by atoms with Crippen molar-refractivity contribution in [2.45, 2.75) is 19.1 Å². The summed E-state index contributed by atoms with van der Waals surface area (Å²) < 4.78 is 11.1. The summed E-state index contributed by atoms with van der Waals surface area (Å²) in [4.78, 5) is 14.6. The van der Waals surface area contributed by atoms with Crippen LogP contribution in [-0.2, 0) is 9.53 Å². The van der Waals surface area contributed by atoms with Crippen molar-refractivity contribution >= 4 is 23.9 Å². The van der Waals surface area contributed by atoms with Crippen LogP contribution in [0.1, 0.15) is 12.5 Å². The Hall–Kier alpha value is -1.56. The molecule has 1 amide bonds. The topological polar surface area (TPSA) is 50.8 Å². The fourth-order valence-corrected chi connectivity index (χ4v) is 3.18. The number of amides is 1. The Balaban J connectivity index is 0.00000192. The summed E-state index contributed by atoms with van der Waals surface area (Å²) in [5, 5.41) is 3.29. The Morgan fingerprint density at radius 1 is 1.39 bits per heavy atom. The molecule has 1 aromatic carbocycles. The highest BCUT2D eigenvalue weighted by atomic mass is 35.5. The molecule has 1 aromatic rings. The third kappa shape index (κ3) is 3.68. The summed E-state index contributed by atoms with van der Waals surface area (Å²) in [5.41, 5.74) is 1.86. The number of methoxy groups -OCH3 is 1. The molecule has 2 atom stereocenters. The summed E-state index contributed by atoms with van der Waals surface area (Å²) in [6.07, 6.45) is 1.83. The molecule has 0 unspecified atom stereocenters. The van der Waals surface area contributed by atoms with Crippen molar-refractivity contribution in [2.24, 2.45) is 0 Å². The van der Waals surface area contributed by atoms with Crippen molar-refractivity contribution < 1.29 is 14.3 Å². The third-order valence-electron chi connectivity index (χ3n) is 4.35. The monoisotopic (exact) mass is 338 g/mol. The number of allylic oxidation sites excluding steroid dienone is 1. The summed E-state index contributed by atoms with van der Waals surface area (Å²) in [6.45, 7) is 4.83. The number of hydrogen-bond acceptors (Lipinski definition) is 4. The van der Waals surface area contributed by atoms with E-state index in [-0.39, 0.29) is 30.5 Å². The molecule has 2 saturated heterocycles. The van der Waals surface area contributed by atoms with Gasteiger partial charge in [0.2, 0.25) is 5.91 Å². The first-order valence-corrected chi connectivity index (χ1v) is 7.65. The highest BCUT2D eigenvalue weighted by molar-refractivity contribution is 5.95. The van der Waals surface area contributed by atoms with Crippen molar-refractivity contribution in [3.63, 3.8) is 0 Å². The van der Waals surface area contributed by atoms with Crippen LogP contribution in [0.2, 0.25) is 0 Å². The van der Waals surface area contributed by atoms with Crippen LogP contribution in [0.5, 0.6) is 5.75 Å². The number of rotatable bonds is 3. The lowest BCUT2D eigenvalue weighted by Crippen LogP contribution is -2.52. The Labute approximate surface area is 143 Å². The average molecular weight is 339 g/mol. The molecule has 23 heavy (non-hydrogen) atoms. The van der Waals surface area contributed by atoms with E-state index in [1.54, 1.807) is 13.2 Å². The number of nitrogens with one attached hydrogen (secondary N) is 1. The van der Waals surface area contributed by atoms with Gasteiger partial charge < -0.3 is 19.7 Å². The summed E-state index contributed by atoms with van der Waals surface area (Å²) in [7, 11) is 1.64. The van der Waals surface area contributed by atoms with Crippen LogP contribution < -0.4 is 10.1 Å². The minimum absolute atomic E-state index is 0. The van der Waals surface area contributed by atoms with Gasteiger partial charge in [0.05, 0.1) is 25.9 Å². The first-order valence-electron chi connectivity index (χ1n) is 7.65. The number of carbonyl (C=O) groups excluding carboxylic acids is 1. The van der Waals surface area contributed by atoms with Crippen molar-refractivity contribution in [1.29, 1.82) is 0 Å². The molecule has 6 heteroatoms. The van der Waals surface area contributed by atoms with Gasteiger partial charge in [-0.3, -0.25) is 4.79 Å². The van der Waals surface area contributed by atoms with Crippen molar-refractivity contribution in [2.75, 3.05) is 33.4 Å². The van der Waals surface area contributed by atoms with E-state index in [1.165, 1.54) is 0 Å². The molecular formula is C17H23ClN2O3. The lowest BCUT2D eigenvalue weighted by molar-refractivity contribution is -0.137. The van der Waals surface area contributed by atoms with Crippen LogP contribution in [-0.4, -0.2) is 56.3 Å². The molecule has 2 aliphatic rings. The van der Waals surface area contributed by atoms with E-state index >= 15 is 0 Å². The molecule has 0 radical (unpaired) electrons. The fourth-order valence-electron chi connectivity index (χ4n) is 3.18. The number of halogens is 1. The molecule has 0 bridgehead atoms. The summed E-state index contributed by atoms with van der Waals surface area (Å²) in [5.74, 6) is 0.830. The maximum Gasteiger partial charge on any atom is 0.247 e. The van der Waals surface area contributed by atoms with E-state index in [1.807, 2.05) is 36.1 Å². The number of para-hydroxylation sites is 1. The summed E-state index contributed by atoms with van der Waals surface area (Å²) in [6, 6.07) is 7.89. The number of carbonyl (C=O) groups is 1. The van der Waals surface area contributed by atoms with Gasteiger partial charge in [0, 0.05) is 31.3 Å². The Bertz CT molecular complexity index is 591. The SMILES string of the molecule is COc1ccccc1/C(C)=C/C(=O)N1CCO[C@H]2CNC[C@H]21.Cl. The molecule has 0 aromatic heterocycles. The molecular weight excluding hydrogens is 316 g/mol. The van der Waals surface area contributed by atoms with E-state index < -0.39 is 0 Å². The molecule has 3 rings (SSSR count). The van der Waals surface area contributed by atoms with Gasteiger partial charge in [-0.25, -0.2) is 0 Å². The standard InChI is InChI=1S/C17H22N2O3.ClH/c1-12(13-5-3-4-6-15(13)21-2)9-17(20)19-7-8-22-16-11-18-10-14(16)19;/h3-6,9,14,16,18H,7-8,10-11H2,1-2H3;1H/b12-9+;/t14-,16+;/m1./s1. The fraction of sp³-hybridized carbons (Fsp3) is 0.471. The number of hydrogen-bond donors (Lipinski definition) is 1. The van der Waals surface area contributed by atoms with Gasteiger partial charge >= 0.3 is 0 Å². The van der Waals surface area contributed by atoms with Crippen LogP contribution in [0.25, 0.3) is 5.57 Å². The highest BCUT2D eigenvalue weighted by Crippen LogP contribution is 2.26. The summed E-state index contributed by atoms with van der Waals surface area (Å²) >= 11 is 0. The first kappa shape index (κ1) is 17.8. The van der Waals surface area contributed by atoms with Gasteiger partial charge in [-0.2, -0.15) is 0 Å². The van der Waals surface area contributed by atoms with E-state index in [2.05, 4.69) is 5.32 Å². The van der Waals surface area contributed by atoms with Gasteiger partial charge in [0.25, 0.3) is 0 Å². The molecule has 2 fully saturated rings. The number of nitrogens with zero attached hydrogens (tertiary/aromatic N) is 1. The van der Waals surface area contributed by atoms with Crippen LogP contribution in [0.4, 0.5) is 0 Å². The molecule has 0 saturated carbocycles.